The van der Waals surface area contributed by atoms with E-state index in [-0.39, 0.29) is 17.9 Å². The van der Waals surface area contributed by atoms with Gasteiger partial charge in [0.05, 0.1) is 20.3 Å². The van der Waals surface area contributed by atoms with Crippen LogP contribution >= 0.6 is 0 Å². The zero-order chi connectivity index (χ0) is 18.7. The Balaban J connectivity index is 1.83. The van der Waals surface area contributed by atoms with Gasteiger partial charge in [0.1, 0.15) is 12.4 Å². The van der Waals surface area contributed by atoms with E-state index in [0.29, 0.717) is 11.5 Å². The van der Waals surface area contributed by atoms with Gasteiger partial charge in [-0.3, -0.25) is 4.79 Å². The molecule has 0 unspecified atom stereocenters. The minimum Gasteiger partial charge on any atom is -0.493 e. The molecule has 0 saturated heterocycles. The van der Waals surface area contributed by atoms with Gasteiger partial charge in [-0.05, 0) is 52.4 Å². The summed E-state index contributed by atoms with van der Waals surface area (Å²) in [5.74, 6) is 1.43. The molecule has 3 atom stereocenters. The maximum absolute atomic E-state index is 13.0. The van der Waals surface area contributed by atoms with E-state index in [1.165, 1.54) is 16.6 Å². The summed E-state index contributed by atoms with van der Waals surface area (Å²) in [5, 5.41) is 14.5. The average Bonchev–Trinajstić information content (AvgIpc) is 3.31. The highest BCUT2D eigenvalue weighted by molar-refractivity contribution is 5.81. The van der Waals surface area contributed by atoms with Crippen molar-refractivity contribution < 1.29 is 14.3 Å². The Kier molecular flexibility index (Phi) is 5.39. The summed E-state index contributed by atoms with van der Waals surface area (Å²) in [4.78, 5) is 13.0. The Morgan fingerprint density at radius 2 is 2.08 bits per heavy atom. The fourth-order valence-electron chi connectivity index (χ4n) is 3.50. The van der Waals surface area contributed by atoms with Crippen LogP contribution in [0.3, 0.4) is 0 Å². The number of carbonyl (C=O) groups excluding carboxylic acids is 1. The fraction of sp³-hybridized carbons (Fsp3) is 0.556. The monoisotopic (exact) mass is 359 g/mol. The number of benzene rings is 1. The standard InChI is InChI=1S/C18H25N5O3/c1-5-11(2)17(23-10-19-21-22-23)18(24)20-14-7-6-12-8-15(25-3)16(26-4)9-13(12)14/h8-11,14,17H,5-7H2,1-4H3,(H,20,24)/t11-,14-,17-/m0/s1. The first-order valence-corrected chi connectivity index (χ1v) is 8.86. The van der Waals surface area contributed by atoms with Gasteiger partial charge in [0.15, 0.2) is 11.5 Å². The average molecular weight is 359 g/mol. The van der Waals surface area contributed by atoms with E-state index in [9.17, 15) is 4.79 Å². The summed E-state index contributed by atoms with van der Waals surface area (Å²) in [6, 6.07) is 3.47. The lowest BCUT2D eigenvalue weighted by Crippen LogP contribution is -2.38. The first-order valence-electron chi connectivity index (χ1n) is 8.86. The molecule has 8 heteroatoms. The molecule has 26 heavy (non-hydrogen) atoms. The molecule has 3 rings (SSSR count). The third-order valence-electron chi connectivity index (χ3n) is 5.14. The Morgan fingerprint density at radius 1 is 1.35 bits per heavy atom. The molecule has 1 aromatic heterocycles. The van der Waals surface area contributed by atoms with Crippen LogP contribution in [0.1, 0.15) is 49.9 Å². The van der Waals surface area contributed by atoms with E-state index in [1.807, 2.05) is 19.1 Å². The van der Waals surface area contributed by atoms with E-state index in [1.54, 1.807) is 14.2 Å². The number of carbonyl (C=O) groups is 1. The van der Waals surface area contributed by atoms with Crippen LogP contribution < -0.4 is 14.8 Å². The van der Waals surface area contributed by atoms with Gasteiger partial charge in [-0.1, -0.05) is 20.3 Å². The van der Waals surface area contributed by atoms with Crippen molar-refractivity contribution in [3.8, 4) is 11.5 Å². The van der Waals surface area contributed by atoms with Crippen LogP contribution in [0.5, 0.6) is 11.5 Å². The van der Waals surface area contributed by atoms with Crippen LogP contribution in [0.15, 0.2) is 18.5 Å². The fourth-order valence-corrected chi connectivity index (χ4v) is 3.50. The SMILES string of the molecule is CC[C@H](C)[C@@H](C(=O)N[C@H]1CCc2cc(OC)c(OC)cc21)n1cnnn1. The van der Waals surface area contributed by atoms with E-state index < -0.39 is 6.04 Å². The largest absolute Gasteiger partial charge is 0.493 e. The van der Waals surface area contributed by atoms with Gasteiger partial charge in [0.25, 0.3) is 0 Å². The van der Waals surface area contributed by atoms with Crippen LogP contribution in [-0.2, 0) is 11.2 Å². The van der Waals surface area contributed by atoms with Crippen LogP contribution in [0, 0.1) is 5.92 Å². The molecule has 0 radical (unpaired) electrons. The molecule has 0 spiro atoms. The van der Waals surface area contributed by atoms with Crippen LogP contribution in [-0.4, -0.2) is 40.3 Å². The number of ether oxygens (including phenoxy) is 2. The number of aromatic nitrogens is 4. The molecule has 1 N–H and O–H groups in total. The molecule has 2 aromatic rings. The molecule has 0 bridgehead atoms. The van der Waals surface area contributed by atoms with E-state index >= 15 is 0 Å². The second-order valence-electron chi connectivity index (χ2n) is 6.63. The van der Waals surface area contributed by atoms with E-state index in [0.717, 1.165) is 24.8 Å². The number of hydrogen-bond donors (Lipinski definition) is 1. The zero-order valence-electron chi connectivity index (χ0n) is 15.6. The lowest BCUT2D eigenvalue weighted by Gasteiger charge is -2.24. The third kappa shape index (κ3) is 3.36. The van der Waals surface area contributed by atoms with Crippen molar-refractivity contribution in [3.63, 3.8) is 0 Å². The lowest BCUT2D eigenvalue weighted by molar-refractivity contribution is -0.127. The second-order valence-corrected chi connectivity index (χ2v) is 6.63. The molecular formula is C18H25N5O3. The third-order valence-corrected chi connectivity index (χ3v) is 5.14. The smallest absolute Gasteiger partial charge is 0.245 e. The summed E-state index contributed by atoms with van der Waals surface area (Å²) in [6.07, 6.45) is 4.08. The number of hydrogen-bond acceptors (Lipinski definition) is 6. The van der Waals surface area contributed by atoms with Crippen LogP contribution in [0.2, 0.25) is 0 Å². The van der Waals surface area contributed by atoms with E-state index in [2.05, 4.69) is 27.8 Å². The highest BCUT2D eigenvalue weighted by Gasteiger charge is 2.32. The maximum Gasteiger partial charge on any atom is 0.245 e. The molecule has 140 valence electrons. The highest BCUT2D eigenvalue weighted by Crippen LogP contribution is 2.39. The molecule has 0 saturated carbocycles. The highest BCUT2D eigenvalue weighted by atomic mass is 16.5. The van der Waals surface area contributed by atoms with Crippen LogP contribution in [0.4, 0.5) is 0 Å². The van der Waals surface area contributed by atoms with Crippen molar-refractivity contribution in [2.24, 2.45) is 5.92 Å². The van der Waals surface area contributed by atoms with Crippen molar-refractivity contribution in [2.45, 2.75) is 45.2 Å². The number of aryl methyl sites for hydroxylation is 1. The summed E-state index contributed by atoms with van der Waals surface area (Å²) >= 11 is 0. The minimum atomic E-state index is -0.431. The topological polar surface area (TPSA) is 91.2 Å². The number of nitrogens with zero attached hydrogens (tertiary/aromatic N) is 4. The van der Waals surface area contributed by atoms with Gasteiger partial charge in [-0.2, -0.15) is 0 Å². The molecule has 0 aliphatic heterocycles. The lowest BCUT2D eigenvalue weighted by atomic mass is 9.97. The summed E-state index contributed by atoms with van der Waals surface area (Å²) in [5.41, 5.74) is 2.26. The number of rotatable bonds is 7. The molecular weight excluding hydrogens is 334 g/mol. The molecule has 1 aliphatic carbocycles. The van der Waals surface area contributed by atoms with Gasteiger partial charge in [-0.25, -0.2) is 4.68 Å². The quantitative estimate of drug-likeness (QED) is 0.814. The Bertz CT molecular complexity index is 762. The van der Waals surface area contributed by atoms with Crippen LogP contribution in [0.25, 0.3) is 0 Å². The summed E-state index contributed by atoms with van der Waals surface area (Å²) < 4.78 is 12.3. The Labute approximate surface area is 152 Å². The number of amides is 1. The van der Waals surface area contributed by atoms with Gasteiger partial charge >= 0.3 is 0 Å². The van der Waals surface area contributed by atoms with Gasteiger partial charge in [0.2, 0.25) is 5.91 Å². The molecule has 1 amide bonds. The van der Waals surface area contributed by atoms with Crippen molar-refractivity contribution in [3.05, 3.63) is 29.6 Å². The maximum atomic E-state index is 13.0. The number of tetrazole rings is 1. The first kappa shape index (κ1) is 18.2. The van der Waals surface area contributed by atoms with Crippen molar-refractivity contribution in [1.82, 2.24) is 25.5 Å². The summed E-state index contributed by atoms with van der Waals surface area (Å²) in [7, 11) is 3.24. The second kappa shape index (κ2) is 7.72. The molecule has 8 nitrogen and oxygen atoms in total. The van der Waals surface area contributed by atoms with Crippen molar-refractivity contribution >= 4 is 5.91 Å². The van der Waals surface area contributed by atoms with Crippen molar-refractivity contribution in [2.75, 3.05) is 14.2 Å². The number of methoxy groups -OCH3 is 2. The molecule has 0 fully saturated rings. The Hall–Kier alpha value is -2.64. The molecule has 1 aromatic carbocycles. The van der Waals surface area contributed by atoms with Crippen molar-refractivity contribution in [1.29, 1.82) is 0 Å². The zero-order valence-corrected chi connectivity index (χ0v) is 15.6. The number of fused-ring (bicyclic) bond motifs is 1. The predicted octanol–water partition coefficient (Wildman–Crippen LogP) is 2.08. The molecule has 1 heterocycles. The predicted molar refractivity (Wildman–Crippen MR) is 95.1 cm³/mol. The van der Waals surface area contributed by atoms with Gasteiger partial charge in [-0.15, -0.1) is 5.10 Å². The van der Waals surface area contributed by atoms with Gasteiger partial charge < -0.3 is 14.8 Å². The minimum absolute atomic E-state index is 0.0552. The normalized spacial score (nSPS) is 18.1. The number of nitrogens with one attached hydrogen (secondary N) is 1. The summed E-state index contributed by atoms with van der Waals surface area (Å²) in [6.45, 7) is 4.08. The van der Waals surface area contributed by atoms with E-state index in [4.69, 9.17) is 9.47 Å². The first-order chi connectivity index (χ1) is 12.6. The Morgan fingerprint density at radius 3 is 2.69 bits per heavy atom. The molecule has 1 aliphatic rings. The van der Waals surface area contributed by atoms with Gasteiger partial charge in [0, 0.05) is 0 Å².